The third-order valence-electron chi connectivity index (χ3n) is 5.68. The highest BCUT2D eigenvalue weighted by molar-refractivity contribution is 5.32. The van der Waals surface area contributed by atoms with Crippen molar-refractivity contribution in [2.75, 3.05) is 0 Å². The summed E-state index contributed by atoms with van der Waals surface area (Å²) in [7, 11) is 0. The molecule has 0 amide bonds. The summed E-state index contributed by atoms with van der Waals surface area (Å²) in [6.07, 6.45) is 5.56. The normalized spacial score (nSPS) is 13.1. The van der Waals surface area contributed by atoms with Crippen LogP contribution in [0.2, 0.25) is 0 Å². The van der Waals surface area contributed by atoms with Gasteiger partial charge in [-0.05, 0) is 46.1 Å². The predicted octanol–water partition coefficient (Wildman–Crippen LogP) is 7.21. The average molecular weight is 379 g/mol. The fraction of sp³-hybridized carbons (Fsp3) is 0.462. The molecule has 150 valence electrons. The lowest BCUT2D eigenvalue weighted by atomic mass is 9.79. The quantitative estimate of drug-likeness (QED) is 0.453. The summed E-state index contributed by atoms with van der Waals surface area (Å²) in [5, 5.41) is 0. The molecule has 0 atom stereocenters. The maximum atomic E-state index is 6.35. The topological polar surface area (TPSA) is 26.3 Å². The van der Waals surface area contributed by atoms with E-state index in [9.17, 15) is 0 Å². The van der Waals surface area contributed by atoms with Crippen LogP contribution in [0.1, 0.15) is 76.7 Å². The van der Waals surface area contributed by atoms with Crippen molar-refractivity contribution in [1.29, 1.82) is 0 Å². The van der Waals surface area contributed by atoms with Gasteiger partial charge in [-0.1, -0.05) is 78.8 Å². The van der Waals surface area contributed by atoms with E-state index in [4.69, 9.17) is 8.83 Å². The molecule has 0 unspecified atom stereocenters. The molecular formula is C26H34O2. The van der Waals surface area contributed by atoms with Crippen molar-refractivity contribution in [3.05, 3.63) is 83.2 Å². The van der Waals surface area contributed by atoms with Crippen LogP contribution in [-0.2, 0) is 29.1 Å². The van der Waals surface area contributed by atoms with E-state index in [0.717, 1.165) is 24.4 Å². The van der Waals surface area contributed by atoms with Crippen LogP contribution < -0.4 is 0 Å². The zero-order valence-electron chi connectivity index (χ0n) is 18.4. The summed E-state index contributed by atoms with van der Waals surface area (Å²) in [5.74, 6) is 2.08. The summed E-state index contributed by atoms with van der Waals surface area (Å²) in [5.41, 5.74) is 3.88. The predicted molar refractivity (Wildman–Crippen MR) is 116 cm³/mol. The van der Waals surface area contributed by atoms with Gasteiger partial charge in [0.05, 0.1) is 12.5 Å². The Labute approximate surface area is 170 Å². The van der Waals surface area contributed by atoms with Crippen LogP contribution in [0, 0.1) is 0 Å². The van der Waals surface area contributed by atoms with Gasteiger partial charge in [0.2, 0.25) is 0 Å². The van der Waals surface area contributed by atoms with Crippen LogP contribution in [0.3, 0.4) is 0 Å². The fourth-order valence-corrected chi connectivity index (χ4v) is 3.95. The van der Waals surface area contributed by atoms with Crippen LogP contribution >= 0.6 is 0 Å². The Morgan fingerprint density at radius 2 is 1.39 bits per heavy atom. The Kier molecular flexibility index (Phi) is 5.36. The van der Waals surface area contributed by atoms with Gasteiger partial charge in [-0.15, -0.1) is 0 Å². The summed E-state index contributed by atoms with van der Waals surface area (Å²) >= 11 is 0. The molecule has 0 aliphatic heterocycles. The van der Waals surface area contributed by atoms with Crippen LogP contribution in [-0.4, -0.2) is 0 Å². The highest BCUT2D eigenvalue weighted by atomic mass is 16.3. The van der Waals surface area contributed by atoms with Gasteiger partial charge in [-0.25, -0.2) is 0 Å². The van der Waals surface area contributed by atoms with Gasteiger partial charge in [0.25, 0.3) is 0 Å². The maximum Gasteiger partial charge on any atom is 0.110 e. The van der Waals surface area contributed by atoms with E-state index in [1.54, 1.807) is 0 Å². The number of benzene rings is 1. The second-order valence-electron chi connectivity index (χ2n) is 10.3. The second kappa shape index (κ2) is 7.31. The molecule has 0 saturated heterocycles. The van der Waals surface area contributed by atoms with E-state index < -0.39 is 0 Å². The van der Waals surface area contributed by atoms with Gasteiger partial charge in [0, 0.05) is 11.8 Å². The summed E-state index contributed by atoms with van der Waals surface area (Å²) in [6, 6.07) is 14.9. The molecule has 2 aromatic heterocycles. The van der Waals surface area contributed by atoms with Gasteiger partial charge < -0.3 is 8.83 Å². The first-order chi connectivity index (χ1) is 13.0. The minimum absolute atomic E-state index is 0.0322. The first-order valence-corrected chi connectivity index (χ1v) is 10.2. The van der Waals surface area contributed by atoms with Crippen molar-refractivity contribution >= 4 is 0 Å². The molecule has 2 heterocycles. The van der Waals surface area contributed by atoms with Crippen molar-refractivity contribution in [2.45, 2.75) is 77.6 Å². The third kappa shape index (κ3) is 4.43. The van der Waals surface area contributed by atoms with Crippen molar-refractivity contribution < 1.29 is 8.83 Å². The minimum atomic E-state index is -0.0982. The molecule has 0 saturated carbocycles. The summed E-state index contributed by atoms with van der Waals surface area (Å²) in [4.78, 5) is 0. The molecule has 1 aromatic carbocycles. The highest BCUT2D eigenvalue weighted by Gasteiger charge is 2.30. The monoisotopic (exact) mass is 378 g/mol. The molecule has 0 aliphatic carbocycles. The molecule has 0 spiro atoms. The maximum absolute atomic E-state index is 6.35. The molecule has 3 rings (SSSR count). The molecule has 0 bridgehead atoms. The molecule has 2 nitrogen and oxygen atoms in total. The molecule has 0 aliphatic rings. The van der Waals surface area contributed by atoms with E-state index in [0.29, 0.717) is 0 Å². The summed E-state index contributed by atoms with van der Waals surface area (Å²) in [6.45, 7) is 15.7. The van der Waals surface area contributed by atoms with Gasteiger partial charge in [0.1, 0.15) is 11.5 Å². The first kappa shape index (κ1) is 20.5. The Morgan fingerprint density at radius 1 is 0.714 bits per heavy atom. The van der Waals surface area contributed by atoms with Crippen molar-refractivity contribution in [3.63, 3.8) is 0 Å². The molecule has 0 N–H and O–H groups in total. The lowest BCUT2D eigenvalue weighted by Gasteiger charge is -2.26. The van der Waals surface area contributed by atoms with Crippen LogP contribution in [0.15, 0.2) is 63.8 Å². The van der Waals surface area contributed by atoms with Crippen LogP contribution in [0.25, 0.3) is 0 Å². The van der Waals surface area contributed by atoms with Gasteiger partial charge >= 0.3 is 0 Å². The lowest BCUT2D eigenvalue weighted by Crippen LogP contribution is -2.22. The standard InChI is InChI=1S/C26H34O2/c1-24(2,3)22-18-27-17-19(22)15-26(6,7)23-14-13-21(28-23)16-25(4,5)20-11-9-8-10-12-20/h8-14,17-18H,15-16H2,1-7H3. The first-order valence-electron chi connectivity index (χ1n) is 10.2. The van der Waals surface area contributed by atoms with E-state index in [2.05, 4.69) is 90.9 Å². The number of rotatable bonds is 6. The van der Waals surface area contributed by atoms with E-state index in [-0.39, 0.29) is 16.2 Å². The van der Waals surface area contributed by atoms with Gasteiger partial charge in [-0.2, -0.15) is 0 Å². The smallest absolute Gasteiger partial charge is 0.110 e. The number of hydrogen-bond acceptors (Lipinski definition) is 2. The Morgan fingerprint density at radius 3 is 2.04 bits per heavy atom. The fourth-order valence-electron chi connectivity index (χ4n) is 3.95. The summed E-state index contributed by atoms with van der Waals surface area (Å²) < 4.78 is 11.9. The van der Waals surface area contributed by atoms with Crippen molar-refractivity contribution in [2.24, 2.45) is 0 Å². The molecule has 0 radical (unpaired) electrons. The molecule has 0 fully saturated rings. The largest absolute Gasteiger partial charge is 0.472 e. The molecule has 3 aromatic rings. The lowest BCUT2D eigenvalue weighted by molar-refractivity contribution is 0.345. The van der Waals surface area contributed by atoms with E-state index in [1.165, 1.54) is 16.7 Å². The number of hydrogen-bond donors (Lipinski definition) is 0. The van der Waals surface area contributed by atoms with E-state index >= 15 is 0 Å². The second-order valence-corrected chi connectivity index (χ2v) is 10.3. The van der Waals surface area contributed by atoms with Crippen molar-refractivity contribution in [1.82, 2.24) is 0 Å². The Bertz CT molecular complexity index is 901. The zero-order chi connectivity index (χ0) is 20.6. The van der Waals surface area contributed by atoms with Crippen LogP contribution in [0.4, 0.5) is 0 Å². The third-order valence-corrected chi connectivity index (χ3v) is 5.68. The molecule has 2 heteroatoms. The Hall–Kier alpha value is -2.22. The Balaban J connectivity index is 1.78. The minimum Gasteiger partial charge on any atom is -0.472 e. The number of furan rings is 2. The highest BCUT2D eigenvalue weighted by Crippen LogP contribution is 2.36. The van der Waals surface area contributed by atoms with E-state index in [1.807, 2.05) is 12.5 Å². The molecule has 28 heavy (non-hydrogen) atoms. The van der Waals surface area contributed by atoms with Crippen LogP contribution in [0.5, 0.6) is 0 Å². The average Bonchev–Trinajstić information content (AvgIpc) is 3.24. The SMILES string of the molecule is CC(C)(C)c1cocc1CC(C)(C)c1ccc(CC(C)(C)c2ccccc2)o1. The van der Waals surface area contributed by atoms with Gasteiger partial charge in [-0.3, -0.25) is 0 Å². The van der Waals surface area contributed by atoms with Gasteiger partial charge in [0.15, 0.2) is 0 Å². The van der Waals surface area contributed by atoms with Crippen molar-refractivity contribution in [3.8, 4) is 0 Å². The zero-order valence-corrected chi connectivity index (χ0v) is 18.4. The molecular weight excluding hydrogens is 344 g/mol.